The van der Waals surface area contributed by atoms with E-state index in [1.54, 1.807) is 18.2 Å². The molecule has 0 N–H and O–H groups in total. The van der Waals surface area contributed by atoms with Gasteiger partial charge in [-0.2, -0.15) is 0 Å². The summed E-state index contributed by atoms with van der Waals surface area (Å²) in [6, 6.07) is 22.3. The molecular formula is C31H25NO4. The Bertz CT molecular complexity index is 1400. The lowest BCUT2D eigenvalue weighted by atomic mass is 9.85. The molecule has 4 atom stereocenters. The van der Waals surface area contributed by atoms with Gasteiger partial charge in [0.1, 0.15) is 0 Å². The van der Waals surface area contributed by atoms with Gasteiger partial charge in [0.15, 0.2) is 11.5 Å². The van der Waals surface area contributed by atoms with E-state index in [1.807, 2.05) is 0 Å². The highest BCUT2D eigenvalue weighted by molar-refractivity contribution is 6.23. The molecule has 5 nitrogen and oxygen atoms in total. The first-order chi connectivity index (χ1) is 17.5. The number of carbonyl (C=O) groups is 2. The summed E-state index contributed by atoms with van der Waals surface area (Å²) in [6.07, 6.45) is 4.27. The lowest BCUT2D eigenvalue weighted by molar-refractivity contribution is -0.122. The summed E-state index contributed by atoms with van der Waals surface area (Å²) in [4.78, 5) is 28.9. The first kappa shape index (κ1) is 21.2. The molecule has 0 spiro atoms. The zero-order chi connectivity index (χ0) is 24.6. The SMILES string of the molecule is Cc1ccc(C(=C2[C@H]3C=C[C@H]2[C@H]2C(=O)N(c4ccc5c(c4)OCO5)C(=O)[C@@H]23)c2ccc(C)cc2)cc1. The lowest BCUT2D eigenvalue weighted by Gasteiger charge is -2.22. The molecular weight excluding hydrogens is 450 g/mol. The zero-order valence-electron chi connectivity index (χ0n) is 20.1. The standard InChI is InChI=1S/C31H25NO4/c1-17-3-7-19(8-4-17)26(20-9-5-18(2)6-10-20)27-22-12-13-23(27)29-28(22)30(33)32(31(29)34)21-11-14-24-25(15-21)36-16-35-24/h3-15,22-23,28-29H,16H2,1-2H3/t22-,23-,28-,29-/m1/s1. The molecule has 0 aromatic heterocycles. The summed E-state index contributed by atoms with van der Waals surface area (Å²) in [5.41, 5.74) is 7.49. The van der Waals surface area contributed by atoms with Gasteiger partial charge in [0, 0.05) is 17.9 Å². The number of hydrogen-bond acceptors (Lipinski definition) is 4. The van der Waals surface area contributed by atoms with Crippen LogP contribution in [0.5, 0.6) is 11.5 Å². The highest BCUT2D eigenvalue weighted by Gasteiger charge is 2.62. The number of amides is 2. The highest BCUT2D eigenvalue weighted by Crippen LogP contribution is 2.59. The minimum absolute atomic E-state index is 0.104. The maximum atomic E-state index is 13.8. The smallest absolute Gasteiger partial charge is 0.238 e. The second-order valence-electron chi connectivity index (χ2n) is 10.1. The molecule has 2 heterocycles. The second kappa shape index (κ2) is 7.69. The van der Waals surface area contributed by atoms with Crippen LogP contribution in [0, 0.1) is 37.5 Å². The minimum atomic E-state index is -0.390. The Kier molecular flexibility index (Phi) is 4.53. The number of allylic oxidation sites excluding steroid dienone is 3. The third-order valence-electron chi connectivity index (χ3n) is 8.00. The molecule has 3 aromatic rings. The van der Waals surface area contributed by atoms with Crippen LogP contribution in [0.25, 0.3) is 5.57 Å². The van der Waals surface area contributed by atoms with Crippen LogP contribution in [-0.4, -0.2) is 18.6 Å². The third-order valence-corrected chi connectivity index (χ3v) is 8.00. The van der Waals surface area contributed by atoms with E-state index < -0.39 is 0 Å². The van der Waals surface area contributed by atoms with Crippen LogP contribution in [0.4, 0.5) is 5.69 Å². The molecule has 36 heavy (non-hydrogen) atoms. The van der Waals surface area contributed by atoms with Crippen molar-refractivity contribution in [2.45, 2.75) is 13.8 Å². The van der Waals surface area contributed by atoms with Crippen LogP contribution < -0.4 is 14.4 Å². The van der Waals surface area contributed by atoms with Gasteiger partial charge in [0.25, 0.3) is 0 Å². The Labute approximate surface area is 209 Å². The van der Waals surface area contributed by atoms with Gasteiger partial charge < -0.3 is 9.47 Å². The van der Waals surface area contributed by atoms with E-state index in [-0.39, 0.29) is 42.3 Å². The van der Waals surface area contributed by atoms with Crippen molar-refractivity contribution in [3.8, 4) is 11.5 Å². The molecule has 2 bridgehead atoms. The maximum absolute atomic E-state index is 13.8. The van der Waals surface area contributed by atoms with Crippen molar-refractivity contribution in [1.82, 2.24) is 0 Å². The van der Waals surface area contributed by atoms with Gasteiger partial charge in [-0.3, -0.25) is 9.59 Å². The van der Waals surface area contributed by atoms with Crippen molar-refractivity contribution >= 4 is 23.1 Å². The van der Waals surface area contributed by atoms with Crippen molar-refractivity contribution in [1.29, 1.82) is 0 Å². The van der Waals surface area contributed by atoms with Crippen LogP contribution in [0.3, 0.4) is 0 Å². The van der Waals surface area contributed by atoms with Crippen molar-refractivity contribution in [2.24, 2.45) is 23.7 Å². The average Bonchev–Trinajstić information content (AvgIpc) is 3.64. The van der Waals surface area contributed by atoms with Crippen molar-refractivity contribution < 1.29 is 19.1 Å². The highest BCUT2D eigenvalue weighted by atomic mass is 16.7. The lowest BCUT2D eigenvalue weighted by Crippen LogP contribution is -2.33. The number of fused-ring (bicyclic) bond motifs is 6. The van der Waals surface area contributed by atoms with Gasteiger partial charge in [0.05, 0.1) is 17.5 Å². The van der Waals surface area contributed by atoms with Crippen molar-refractivity contribution in [3.63, 3.8) is 0 Å². The van der Waals surface area contributed by atoms with E-state index in [1.165, 1.54) is 21.6 Å². The summed E-state index contributed by atoms with van der Waals surface area (Å²) >= 11 is 0. The summed E-state index contributed by atoms with van der Waals surface area (Å²) < 4.78 is 10.9. The summed E-state index contributed by atoms with van der Waals surface area (Å²) in [5.74, 6) is -0.0618. The Morgan fingerprint density at radius 2 is 1.25 bits per heavy atom. The number of imide groups is 1. The molecule has 2 fully saturated rings. The fraction of sp³-hybridized carbons (Fsp3) is 0.226. The molecule has 0 unspecified atom stereocenters. The number of ether oxygens (including phenoxy) is 2. The number of aryl methyl sites for hydroxylation is 2. The molecule has 7 rings (SSSR count). The van der Waals surface area contributed by atoms with E-state index in [2.05, 4.69) is 74.5 Å². The summed E-state index contributed by atoms with van der Waals surface area (Å²) in [7, 11) is 0. The topological polar surface area (TPSA) is 55.8 Å². The van der Waals surface area contributed by atoms with E-state index in [4.69, 9.17) is 9.47 Å². The Morgan fingerprint density at radius 3 is 1.81 bits per heavy atom. The molecule has 1 saturated heterocycles. The Morgan fingerprint density at radius 1 is 0.722 bits per heavy atom. The minimum Gasteiger partial charge on any atom is -0.454 e. The van der Waals surface area contributed by atoms with Gasteiger partial charge in [-0.05, 0) is 48.3 Å². The van der Waals surface area contributed by atoms with E-state index >= 15 is 0 Å². The number of benzene rings is 3. The van der Waals surface area contributed by atoms with Crippen LogP contribution in [0.15, 0.2) is 84.5 Å². The fourth-order valence-corrected chi connectivity index (χ4v) is 6.32. The van der Waals surface area contributed by atoms with Gasteiger partial charge in [-0.15, -0.1) is 0 Å². The third kappa shape index (κ3) is 2.95. The summed E-state index contributed by atoms with van der Waals surface area (Å²) in [5, 5.41) is 0. The van der Waals surface area contributed by atoms with E-state index in [0.29, 0.717) is 17.2 Å². The molecule has 2 aliphatic heterocycles. The number of rotatable bonds is 3. The number of anilines is 1. The molecule has 4 aliphatic rings. The van der Waals surface area contributed by atoms with Gasteiger partial charge in [0.2, 0.25) is 18.6 Å². The van der Waals surface area contributed by atoms with Gasteiger partial charge in [-0.1, -0.05) is 71.8 Å². The first-order valence-corrected chi connectivity index (χ1v) is 12.4. The van der Waals surface area contributed by atoms with Crippen molar-refractivity contribution in [3.05, 3.63) is 107 Å². The largest absolute Gasteiger partial charge is 0.454 e. The maximum Gasteiger partial charge on any atom is 0.238 e. The summed E-state index contributed by atoms with van der Waals surface area (Å²) in [6.45, 7) is 4.31. The zero-order valence-corrected chi connectivity index (χ0v) is 20.1. The quantitative estimate of drug-likeness (QED) is 0.373. The molecule has 3 aromatic carbocycles. The van der Waals surface area contributed by atoms with Crippen LogP contribution in [-0.2, 0) is 9.59 Å². The van der Waals surface area contributed by atoms with Crippen LogP contribution in [0.1, 0.15) is 22.3 Å². The normalized spacial score (nSPS) is 25.2. The van der Waals surface area contributed by atoms with Crippen LogP contribution in [0.2, 0.25) is 0 Å². The number of carbonyl (C=O) groups excluding carboxylic acids is 2. The number of hydrogen-bond donors (Lipinski definition) is 0. The monoisotopic (exact) mass is 475 g/mol. The molecule has 1 saturated carbocycles. The first-order valence-electron chi connectivity index (χ1n) is 12.4. The van der Waals surface area contributed by atoms with E-state index in [0.717, 1.165) is 16.7 Å². The van der Waals surface area contributed by atoms with E-state index in [9.17, 15) is 9.59 Å². The Hall–Kier alpha value is -4.12. The molecule has 2 aliphatic carbocycles. The average molecular weight is 476 g/mol. The van der Waals surface area contributed by atoms with Crippen molar-refractivity contribution in [2.75, 3.05) is 11.7 Å². The predicted octanol–water partition coefficient (Wildman–Crippen LogP) is 5.46. The second-order valence-corrected chi connectivity index (χ2v) is 10.1. The molecule has 5 heteroatoms. The predicted molar refractivity (Wildman–Crippen MR) is 137 cm³/mol. The molecule has 0 radical (unpaired) electrons. The molecule has 2 amide bonds. The fourth-order valence-electron chi connectivity index (χ4n) is 6.32. The molecule has 178 valence electrons. The Balaban J connectivity index is 1.34. The van der Waals surface area contributed by atoms with Gasteiger partial charge in [-0.25, -0.2) is 4.90 Å². The number of nitrogens with zero attached hydrogens (tertiary/aromatic N) is 1. The van der Waals surface area contributed by atoms with Crippen LogP contribution >= 0.6 is 0 Å². The van der Waals surface area contributed by atoms with Gasteiger partial charge >= 0.3 is 0 Å².